The summed E-state index contributed by atoms with van der Waals surface area (Å²) < 4.78 is 27.4. The van der Waals surface area contributed by atoms with Crippen LogP contribution in [0.3, 0.4) is 0 Å². The van der Waals surface area contributed by atoms with Crippen LogP contribution in [-0.2, 0) is 16.4 Å². The van der Waals surface area contributed by atoms with Crippen molar-refractivity contribution in [2.75, 3.05) is 17.7 Å². The highest BCUT2D eigenvalue weighted by molar-refractivity contribution is 7.90. The van der Waals surface area contributed by atoms with Gasteiger partial charge in [0.25, 0.3) is 5.91 Å². The van der Waals surface area contributed by atoms with E-state index in [2.05, 4.69) is 10.1 Å². The normalized spacial score (nSPS) is 11.7. The van der Waals surface area contributed by atoms with Crippen LogP contribution in [0.15, 0.2) is 59.5 Å². The topological polar surface area (TPSA) is 85.2 Å². The average Bonchev–Trinajstić information content (AvgIpc) is 3.29. The molecule has 0 N–H and O–H groups in total. The number of thiazole rings is 1. The van der Waals surface area contributed by atoms with Gasteiger partial charge in [0.05, 0.1) is 32.9 Å². The zero-order chi connectivity index (χ0) is 22.2. The third-order valence-corrected chi connectivity index (χ3v) is 7.13. The Morgan fingerprint density at radius 3 is 2.48 bits per heavy atom. The van der Waals surface area contributed by atoms with Gasteiger partial charge in [0.15, 0.2) is 15.0 Å². The molecule has 9 heteroatoms. The Hall–Kier alpha value is -3.04. The van der Waals surface area contributed by atoms with E-state index in [0.29, 0.717) is 18.2 Å². The van der Waals surface area contributed by atoms with E-state index in [9.17, 15) is 13.2 Å². The minimum absolute atomic E-state index is 0.0113. The number of benzene rings is 2. The highest BCUT2D eigenvalue weighted by Crippen LogP contribution is 2.30. The number of fused-ring (bicyclic) bond motifs is 1. The number of amides is 1. The van der Waals surface area contributed by atoms with Gasteiger partial charge >= 0.3 is 0 Å². The van der Waals surface area contributed by atoms with E-state index in [1.807, 2.05) is 48.9 Å². The summed E-state index contributed by atoms with van der Waals surface area (Å²) in [6.07, 6.45) is 1.11. The summed E-state index contributed by atoms with van der Waals surface area (Å²) in [4.78, 5) is 19.8. The van der Waals surface area contributed by atoms with E-state index < -0.39 is 15.7 Å². The Labute approximate surface area is 184 Å². The summed E-state index contributed by atoms with van der Waals surface area (Å²) in [5.74, 6) is -0.401. The summed E-state index contributed by atoms with van der Waals surface area (Å²) in [5.41, 5.74) is 2.82. The maximum atomic E-state index is 13.6. The van der Waals surface area contributed by atoms with Crippen molar-refractivity contribution < 1.29 is 13.2 Å². The predicted molar refractivity (Wildman–Crippen MR) is 123 cm³/mol. The number of aromatic nitrogens is 3. The second kappa shape index (κ2) is 8.24. The summed E-state index contributed by atoms with van der Waals surface area (Å²) in [7, 11) is -3.57. The summed E-state index contributed by atoms with van der Waals surface area (Å²) in [6, 6.07) is 15.9. The number of rotatable bonds is 6. The van der Waals surface area contributed by atoms with Gasteiger partial charge in [-0.1, -0.05) is 35.6 Å². The Bertz CT molecular complexity index is 1340. The lowest BCUT2D eigenvalue weighted by molar-refractivity contribution is 0.0982. The summed E-state index contributed by atoms with van der Waals surface area (Å²) in [5, 5.41) is 5.00. The molecule has 0 fully saturated rings. The lowest BCUT2D eigenvalue weighted by Gasteiger charge is -2.21. The Kier molecular flexibility index (Phi) is 5.63. The van der Waals surface area contributed by atoms with Gasteiger partial charge in [-0.2, -0.15) is 5.10 Å². The predicted octanol–water partition coefficient (Wildman–Crippen LogP) is 3.86. The molecule has 0 atom stereocenters. The van der Waals surface area contributed by atoms with Crippen molar-refractivity contribution in [3.8, 4) is 0 Å². The molecule has 7 nitrogen and oxygen atoms in total. The zero-order valence-corrected chi connectivity index (χ0v) is 19.1. The molecular formula is C22H22N4O3S2. The molecule has 31 heavy (non-hydrogen) atoms. The maximum Gasteiger partial charge on any atom is 0.261 e. The first-order valence-corrected chi connectivity index (χ1v) is 12.4. The van der Waals surface area contributed by atoms with E-state index >= 15 is 0 Å². The standard InChI is InChI=1S/C22H22N4O3S2/c1-15-14-16(2)26(24-15)13-12-25(22-23-18-9-5-6-10-19(18)30-22)21(27)17-8-4-7-11-20(17)31(3,28)29/h4-11,14H,12-13H2,1-3H3. The molecule has 2 heterocycles. The lowest BCUT2D eigenvalue weighted by Crippen LogP contribution is -2.35. The third kappa shape index (κ3) is 4.38. The molecule has 0 radical (unpaired) electrons. The number of hydrogen-bond donors (Lipinski definition) is 0. The van der Waals surface area contributed by atoms with E-state index in [0.717, 1.165) is 27.9 Å². The van der Waals surface area contributed by atoms with Crippen molar-refractivity contribution in [2.24, 2.45) is 0 Å². The molecule has 0 bridgehead atoms. The van der Waals surface area contributed by atoms with Crippen LogP contribution >= 0.6 is 11.3 Å². The molecule has 0 saturated heterocycles. The molecule has 0 spiro atoms. The number of aryl methyl sites for hydroxylation is 2. The molecule has 2 aromatic carbocycles. The highest BCUT2D eigenvalue weighted by Gasteiger charge is 2.26. The van der Waals surface area contributed by atoms with Gasteiger partial charge in [-0.15, -0.1) is 0 Å². The fraction of sp³-hybridized carbons (Fsp3) is 0.227. The molecule has 160 valence electrons. The molecule has 4 rings (SSSR count). The van der Waals surface area contributed by atoms with Crippen molar-refractivity contribution in [1.82, 2.24) is 14.8 Å². The smallest absolute Gasteiger partial charge is 0.261 e. The maximum absolute atomic E-state index is 13.6. The van der Waals surface area contributed by atoms with E-state index in [1.54, 1.807) is 23.1 Å². The molecule has 4 aromatic rings. The van der Waals surface area contributed by atoms with Gasteiger partial charge in [-0.05, 0) is 44.2 Å². The third-order valence-electron chi connectivity index (χ3n) is 4.91. The zero-order valence-electron chi connectivity index (χ0n) is 17.4. The quantitative estimate of drug-likeness (QED) is 0.442. The van der Waals surface area contributed by atoms with Gasteiger partial charge < -0.3 is 0 Å². The van der Waals surface area contributed by atoms with Crippen molar-refractivity contribution in [3.63, 3.8) is 0 Å². The van der Waals surface area contributed by atoms with Crippen molar-refractivity contribution in [2.45, 2.75) is 25.3 Å². The number of carbonyl (C=O) groups excluding carboxylic acids is 1. The lowest BCUT2D eigenvalue weighted by atomic mass is 10.2. The van der Waals surface area contributed by atoms with E-state index in [-0.39, 0.29) is 10.5 Å². The van der Waals surface area contributed by atoms with Gasteiger partial charge in [0.1, 0.15) is 0 Å². The first-order chi connectivity index (χ1) is 14.7. The van der Waals surface area contributed by atoms with Crippen LogP contribution in [0, 0.1) is 13.8 Å². The highest BCUT2D eigenvalue weighted by atomic mass is 32.2. The number of anilines is 1. The number of nitrogens with zero attached hydrogens (tertiary/aromatic N) is 4. The molecule has 1 amide bonds. The Morgan fingerprint density at radius 1 is 1.10 bits per heavy atom. The Morgan fingerprint density at radius 2 is 1.81 bits per heavy atom. The van der Waals surface area contributed by atoms with Crippen LogP contribution in [0.2, 0.25) is 0 Å². The van der Waals surface area contributed by atoms with Gasteiger partial charge in [0.2, 0.25) is 0 Å². The molecule has 0 unspecified atom stereocenters. The largest absolute Gasteiger partial charge is 0.282 e. The number of sulfone groups is 1. The average molecular weight is 455 g/mol. The number of hydrogen-bond acceptors (Lipinski definition) is 6. The monoisotopic (exact) mass is 454 g/mol. The van der Waals surface area contributed by atoms with Crippen LogP contribution in [-0.4, -0.2) is 41.9 Å². The first-order valence-electron chi connectivity index (χ1n) is 9.71. The Balaban J connectivity index is 1.76. The fourth-order valence-electron chi connectivity index (χ4n) is 3.47. The molecule has 0 aliphatic carbocycles. The van der Waals surface area contributed by atoms with Crippen molar-refractivity contribution in [3.05, 3.63) is 71.5 Å². The molecule has 2 aromatic heterocycles. The molecule has 0 saturated carbocycles. The van der Waals surface area contributed by atoms with Crippen LogP contribution in [0.25, 0.3) is 10.2 Å². The molecular weight excluding hydrogens is 432 g/mol. The van der Waals surface area contributed by atoms with Crippen LogP contribution in [0.1, 0.15) is 21.7 Å². The van der Waals surface area contributed by atoms with Gasteiger partial charge in [0, 0.05) is 18.5 Å². The summed E-state index contributed by atoms with van der Waals surface area (Å²) >= 11 is 1.40. The van der Waals surface area contributed by atoms with Gasteiger partial charge in [-0.25, -0.2) is 13.4 Å². The van der Waals surface area contributed by atoms with E-state index in [4.69, 9.17) is 0 Å². The number of carbonyl (C=O) groups is 1. The van der Waals surface area contributed by atoms with E-state index in [1.165, 1.54) is 17.4 Å². The minimum Gasteiger partial charge on any atom is -0.282 e. The fourth-order valence-corrected chi connectivity index (χ4v) is 5.34. The van der Waals surface area contributed by atoms with Crippen LogP contribution in [0.4, 0.5) is 5.13 Å². The minimum atomic E-state index is -3.57. The second-order valence-corrected chi connectivity index (χ2v) is 10.3. The second-order valence-electron chi connectivity index (χ2n) is 7.34. The summed E-state index contributed by atoms with van der Waals surface area (Å²) in [6.45, 7) is 4.65. The molecule has 0 aliphatic heterocycles. The first kappa shape index (κ1) is 21.2. The van der Waals surface area contributed by atoms with Crippen LogP contribution < -0.4 is 4.90 Å². The van der Waals surface area contributed by atoms with Gasteiger partial charge in [-0.3, -0.25) is 14.4 Å². The SMILES string of the molecule is Cc1cc(C)n(CCN(C(=O)c2ccccc2S(C)(=O)=O)c2nc3ccccc3s2)n1. The van der Waals surface area contributed by atoms with Crippen LogP contribution in [0.5, 0.6) is 0 Å². The van der Waals surface area contributed by atoms with Crippen molar-refractivity contribution in [1.29, 1.82) is 0 Å². The van der Waals surface area contributed by atoms with Crippen molar-refractivity contribution >= 4 is 42.4 Å². The molecule has 0 aliphatic rings. The number of para-hydroxylation sites is 1.